The van der Waals surface area contributed by atoms with Gasteiger partial charge in [-0.15, -0.1) is 0 Å². The Morgan fingerprint density at radius 1 is 0.882 bits per heavy atom. The van der Waals surface area contributed by atoms with Crippen LogP contribution in [0.15, 0.2) is 36.4 Å². The Labute approximate surface area is 116 Å². The first-order valence-corrected chi connectivity index (χ1v) is 7.01. The molecule has 1 heteroatoms. The predicted molar refractivity (Wildman–Crippen MR) is 81.5 cm³/mol. The molecular weight excluding hydrogens is 319 g/mol. The zero-order valence-electron chi connectivity index (χ0n) is 10.3. The Balaban J connectivity index is 2.49. The maximum Gasteiger partial charge on any atom is 0.0212 e. The molecule has 0 bridgehead atoms. The number of rotatable bonds is 0. The van der Waals surface area contributed by atoms with Crippen molar-refractivity contribution in [1.82, 2.24) is 0 Å². The van der Waals surface area contributed by atoms with Gasteiger partial charge in [-0.3, -0.25) is 0 Å². The van der Waals surface area contributed by atoms with Crippen molar-refractivity contribution in [2.24, 2.45) is 0 Å². The molecule has 0 heterocycles. The standard InChI is InChI=1S/C16H15I/c1-10-6-4-7-11-14(10)15-12(16(11,2)3)8-5-9-13(15)17/h4-9H,1-3H3. The highest BCUT2D eigenvalue weighted by Gasteiger charge is 2.36. The first-order valence-electron chi connectivity index (χ1n) is 5.93. The van der Waals surface area contributed by atoms with E-state index in [1.54, 1.807) is 0 Å². The van der Waals surface area contributed by atoms with Crippen LogP contribution in [0.4, 0.5) is 0 Å². The van der Waals surface area contributed by atoms with E-state index in [-0.39, 0.29) is 5.41 Å². The lowest BCUT2D eigenvalue weighted by Gasteiger charge is -2.21. The summed E-state index contributed by atoms with van der Waals surface area (Å²) >= 11 is 2.46. The molecule has 17 heavy (non-hydrogen) atoms. The zero-order chi connectivity index (χ0) is 12.2. The van der Waals surface area contributed by atoms with Crippen LogP contribution in [0.5, 0.6) is 0 Å². The zero-order valence-corrected chi connectivity index (χ0v) is 12.5. The highest BCUT2D eigenvalue weighted by molar-refractivity contribution is 14.1. The molecule has 1 aliphatic carbocycles. The van der Waals surface area contributed by atoms with Gasteiger partial charge in [0.05, 0.1) is 0 Å². The second kappa shape index (κ2) is 3.58. The molecule has 0 N–H and O–H groups in total. The fourth-order valence-corrected chi connectivity index (χ4v) is 3.73. The normalized spacial score (nSPS) is 15.5. The third-order valence-electron chi connectivity index (χ3n) is 3.88. The molecule has 0 unspecified atom stereocenters. The van der Waals surface area contributed by atoms with E-state index in [0.29, 0.717) is 0 Å². The monoisotopic (exact) mass is 334 g/mol. The molecule has 2 aromatic carbocycles. The summed E-state index contributed by atoms with van der Waals surface area (Å²) in [6.45, 7) is 6.87. The van der Waals surface area contributed by atoms with E-state index in [9.17, 15) is 0 Å². The average Bonchev–Trinajstić information content (AvgIpc) is 2.52. The topological polar surface area (TPSA) is 0 Å². The highest BCUT2D eigenvalue weighted by Crippen LogP contribution is 2.51. The van der Waals surface area contributed by atoms with Gasteiger partial charge < -0.3 is 0 Å². The number of hydrogen-bond acceptors (Lipinski definition) is 0. The first-order chi connectivity index (χ1) is 8.03. The Hall–Kier alpha value is -0.830. The number of aryl methyl sites for hydroxylation is 1. The molecule has 2 aromatic rings. The minimum atomic E-state index is 0.137. The molecule has 1 aliphatic rings. The maximum absolute atomic E-state index is 2.46. The smallest absolute Gasteiger partial charge is 0.0212 e. The van der Waals surface area contributed by atoms with Crippen LogP contribution in [0.1, 0.15) is 30.5 Å². The van der Waals surface area contributed by atoms with Crippen molar-refractivity contribution in [3.8, 4) is 11.1 Å². The minimum Gasteiger partial charge on any atom is -0.0617 e. The molecule has 0 radical (unpaired) electrons. The van der Waals surface area contributed by atoms with Crippen LogP contribution in [0.25, 0.3) is 11.1 Å². The van der Waals surface area contributed by atoms with E-state index in [1.807, 2.05) is 0 Å². The van der Waals surface area contributed by atoms with Crippen molar-refractivity contribution >= 4 is 22.6 Å². The second-order valence-electron chi connectivity index (χ2n) is 5.28. The maximum atomic E-state index is 2.46. The minimum absolute atomic E-state index is 0.137. The number of hydrogen-bond donors (Lipinski definition) is 0. The Bertz CT molecular complexity index is 555. The second-order valence-corrected chi connectivity index (χ2v) is 6.45. The SMILES string of the molecule is Cc1cccc2c1-c1c(I)cccc1C2(C)C. The quantitative estimate of drug-likeness (QED) is 0.601. The summed E-state index contributed by atoms with van der Waals surface area (Å²) in [6.07, 6.45) is 0. The molecule has 3 rings (SSSR count). The molecule has 0 atom stereocenters. The lowest BCUT2D eigenvalue weighted by atomic mass is 9.82. The van der Waals surface area contributed by atoms with E-state index in [2.05, 4.69) is 79.8 Å². The number of benzene rings is 2. The fraction of sp³-hybridized carbons (Fsp3) is 0.250. The molecule has 0 amide bonds. The van der Waals surface area contributed by atoms with Crippen LogP contribution in [0, 0.1) is 10.5 Å². The summed E-state index contributed by atoms with van der Waals surface area (Å²) < 4.78 is 1.36. The van der Waals surface area contributed by atoms with Crippen molar-refractivity contribution in [1.29, 1.82) is 0 Å². The number of halogens is 1. The lowest BCUT2D eigenvalue weighted by molar-refractivity contribution is 0.660. The van der Waals surface area contributed by atoms with Crippen LogP contribution in [0.2, 0.25) is 0 Å². The van der Waals surface area contributed by atoms with E-state index in [4.69, 9.17) is 0 Å². The molecule has 0 spiro atoms. The van der Waals surface area contributed by atoms with Crippen LogP contribution >= 0.6 is 22.6 Å². The average molecular weight is 334 g/mol. The summed E-state index contributed by atoms with van der Waals surface area (Å²) in [5.41, 5.74) is 7.37. The van der Waals surface area contributed by atoms with Gasteiger partial charge in [0.25, 0.3) is 0 Å². The largest absolute Gasteiger partial charge is 0.0617 e. The summed E-state index contributed by atoms with van der Waals surface area (Å²) in [5, 5.41) is 0. The lowest BCUT2D eigenvalue weighted by Crippen LogP contribution is -2.14. The Kier molecular flexibility index (Phi) is 2.37. The molecule has 0 aromatic heterocycles. The molecule has 86 valence electrons. The predicted octanol–water partition coefficient (Wildman–Crippen LogP) is 4.91. The van der Waals surface area contributed by atoms with Gasteiger partial charge in [-0.2, -0.15) is 0 Å². The third kappa shape index (κ3) is 1.41. The Morgan fingerprint density at radius 3 is 2.18 bits per heavy atom. The molecule has 0 saturated heterocycles. The molecule has 0 aliphatic heterocycles. The highest BCUT2D eigenvalue weighted by atomic mass is 127. The van der Waals surface area contributed by atoms with E-state index in [0.717, 1.165) is 0 Å². The van der Waals surface area contributed by atoms with E-state index >= 15 is 0 Å². The summed E-state index contributed by atoms with van der Waals surface area (Å²) in [7, 11) is 0. The molecule has 0 fully saturated rings. The van der Waals surface area contributed by atoms with Crippen molar-refractivity contribution in [3.05, 3.63) is 56.7 Å². The van der Waals surface area contributed by atoms with Gasteiger partial charge in [-0.05, 0) is 63.4 Å². The van der Waals surface area contributed by atoms with Crippen LogP contribution in [-0.4, -0.2) is 0 Å². The van der Waals surface area contributed by atoms with Gasteiger partial charge in [-0.25, -0.2) is 0 Å². The van der Waals surface area contributed by atoms with E-state index < -0.39 is 0 Å². The fourth-order valence-electron chi connectivity index (χ4n) is 2.96. The first kappa shape index (κ1) is 11.3. The van der Waals surface area contributed by atoms with Crippen molar-refractivity contribution in [2.45, 2.75) is 26.2 Å². The van der Waals surface area contributed by atoms with Gasteiger partial charge in [0.1, 0.15) is 0 Å². The van der Waals surface area contributed by atoms with Gasteiger partial charge >= 0.3 is 0 Å². The van der Waals surface area contributed by atoms with Crippen molar-refractivity contribution < 1.29 is 0 Å². The van der Waals surface area contributed by atoms with Crippen molar-refractivity contribution in [3.63, 3.8) is 0 Å². The molecular formula is C16H15I. The number of fused-ring (bicyclic) bond motifs is 3. The van der Waals surface area contributed by atoms with Crippen LogP contribution in [0.3, 0.4) is 0 Å². The van der Waals surface area contributed by atoms with Gasteiger partial charge in [0.2, 0.25) is 0 Å². The summed E-state index contributed by atoms with van der Waals surface area (Å²) in [6, 6.07) is 13.3. The molecule has 0 nitrogen and oxygen atoms in total. The Morgan fingerprint density at radius 2 is 1.47 bits per heavy atom. The summed E-state index contributed by atoms with van der Waals surface area (Å²) in [5.74, 6) is 0. The molecule has 0 saturated carbocycles. The van der Waals surface area contributed by atoms with Gasteiger partial charge in [0, 0.05) is 8.99 Å². The van der Waals surface area contributed by atoms with Gasteiger partial charge in [-0.1, -0.05) is 44.2 Å². The van der Waals surface area contributed by atoms with E-state index in [1.165, 1.54) is 31.4 Å². The van der Waals surface area contributed by atoms with Crippen LogP contribution < -0.4 is 0 Å². The van der Waals surface area contributed by atoms with Gasteiger partial charge in [0.15, 0.2) is 0 Å². The summed E-state index contributed by atoms with van der Waals surface area (Å²) in [4.78, 5) is 0. The third-order valence-corrected chi connectivity index (χ3v) is 4.78. The van der Waals surface area contributed by atoms with Crippen molar-refractivity contribution in [2.75, 3.05) is 0 Å². The van der Waals surface area contributed by atoms with Crippen LogP contribution in [-0.2, 0) is 5.41 Å².